The van der Waals surface area contributed by atoms with Crippen molar-refractivity contribution in [1.29, 1.82) is 0 Å². The summed E-state index contributed by atoms with van der Waals surface area (Å²) in [6, 6.07) is 4.95. The van der Waals surface area contributed by atoms with Crippen molar-refractivity contribution in [1.82, 2.24) is 14.5 Å². The molecule has 0 atom stereocenters. The van der Waals surface area contributed by atoms with E-state index in [1.807, 2.05) is 13.8 Å². The fourth-order valence-electron chi connectivity index (χ4n) is 2.63. The van der Waals surface area contributed by atoms with Crippen molar-refractivity contribution in [3.8, 4) is 0 Å². The highest BCUT2D eigenvalue weighted by molar-refractivity contribution is 7.99. The molecule has 0 bridgehead atoms. The fourth-order valence-corrected chi connectivity index (χ4v) is 3.69. The number of imide groups is 1. The fraction of sp³-hybridized carbons (Fsp3) is 0.412. The maximum atomic E-state index is 12.9. The Morgan fingerprint density at radius 2 is 2.15 bits per heavy atom. The zero-order chi connectivity index (χ0) is 18.8. The van der Waals surface area contributed by atoms with Crippen LogP contribution in [0.1, 0.15) is 13.8 Å². The van der Waals surface area contributed by atoms with Gasteiger partial charge >= 0.3 is 6.09 Å². The predicted octanol–water partition coefficient (Wildman–Crippen LogP) is 2.78. The lowest BCUT2D eigenvalue weighted by Crippen LogP contribution is -2.33. The molecular weight excluding hydrogens is 378 g/mol. The van der Waals surface area contributed by atoms with Gasteiger partial charge in [0.05, 0.1) is 23.2 Å². The molecule has 26 heavy (non-hydrogen) atoms. The standard InChI is InChI=1S/C17H18ClN3O4S/c1-10(2)8-21-15(23)12-7-11(18)3-4-13(12)19-16(21)26-9-14(22)20-5-6-25-17(20)24/h3-4,7,10H,5-6,8-9H2,1-2H3. The number of aromatic nitrogens is 2. The number of cyclic esters (lactones) is 1. The van der Waals surface area contributed by atoms with Crippen molar-refractivity contribution in [3.63, 3.8) is 0 Å². The van der Waals surface area contributed by atoms with E-state index in [0.717, 1.165) is 16.7 Å². The number of amides is 2. The number of halogens is 1. The van der Waals surface area contributed by atoms with Gasteiger partial charge in [-0.05, 0) is 24.1 Å². The smallest absolute Gasteiger partial charge is 0.416 e. The summed E-state index contributed by atoms with van der Waals surface area (Å²) >= 11 is 7.14. The van der Waals surface area contributed by atoms with E-state index >= 15 is 0 Å². The lowest BCUT2D eigenvalue weighted by Gasteiger charge is -2.16. The number of nitrogens with zero attached hydrogens (tertiary/aromatic N) is 3. The third kappa shape index (κ3) is 3.86. The van der Waals surface area contributed by atoms with Crippen LogP contribution in [0, 0.1) is 5.92 Å². The Morgan fingerprint density at radius 3 is 2.81 bits per heavy atom. The van der Waals surface area contributed by atoms with E-state index in [1.54, 1.807) is 22.8 Å². The van der Waals surface area contributed by atoms with Crippen molar-refractivity contribution in [2.24, 2.45) is 5.92 Å². The molecule has 1 saturated heterocycles. The van der Waals surface area contributed by atoms with Crippen LogP contribution in [0.3, 0.4) is 0 Å². The molecule has 3 rings (SSSR count). The Balaban J connectivity index is 1.93. The summed E-state index contributed by atoms with van der Waals surface area (Å²) < 4.78 is 6.34. The van der Waals surface area contributed by atoms with Crippen molar-refractivity contribution in [3.05, 3.63) is 33.6 Å². The quantitative estimate of drug-likeness (QED) is 0.572. The first-order valence-electron chi connectivity index (χ1n) is 8.17. The number of ether oxygens (including phenoxy) is 1. The van der Waals surface area contributed by atoms with Crippen LogP contribution in [0.4, 0.5) is 4.79 Å². The molecule has 138 valence electrons. The largest absolute Gasteiger partial charge is 0.447 e. The summed E-state index contributed by atoms with van der Waals surface area (Å²) in [5, 5.41) is 1.35. The van der Waals surface area contributed by atoms with Gasteiger partial charge in [0, 0.05) is 11.6 Å². The van der Waals surface area contributed by atoms with E-state index in [-0.39, 0.29) is 36.3 Å². The molecule has 1 fully saturated rings. The second-order valence-electron chi connectivity index (χ2n) is 6.31. The first-order valence-corrected chi connectivity index (χ1v) is 9.53. The van der Waals surface area contributed by atoms with Gasteiger partial charge in [-0.25, -0.2) is 14.7 Å². The molecule has 0 aliphatic carbocycles. The zero-order valence-corrected chi connectivity index (χ0v) is 16.0. The Bertz CT molecular complexity index is 928. The molecule has 1 aliphatic heterocycles. The Kier molecular flexibility index (Phi) is 5.52. The number of benzene rings is 1. The molecule has 2 heterocycles. The van der Waals surface area contributed by atoms with Gasteiger partial charge in [0.2, 0.25) is 5.91 Å². The minimum Gasteiger partial charge on any atom is -0.447 e. The molecule has 0 unspecified atom stereocenters. The minimum atomic E-state index is -0.628. The number of hydrogen-bond acceptors (Lipinski definition) is 6. The van der Waals surface area contributed by atoms with Gasteiger partial charge < -0.3 is 4.74 Å². The van der Waals surface area contributed by atoms with Gasteiger partial charge in [-0.1, -0.05) is 37.2 Å². The molecule has 2 amide bonds. The van der Waals surface area contributed by atoms with Crippen LogP contribution in [-0.4, -0.2) is 45.4 Å². The van der Waals surface area contributed by atoms with Gasteiger partial charge in [-0.15, -0.1) is 0 Å². The van der Waals surface area contributed by atoms with E-state index in [4.69, 9.17) is 16.3 Å². The summed E-state index contributed by atoms with van der Waals surface area (Å²) in [6.45, 7) is 4.92. The van der Waals surface area contributed by atoms with E-state index in [1.165, 1.54) is 0 Å². The Labute approximate surface area is 159 Å². The van der Waals surface area contributed by atoms with Crippen LogP contribution in [0.15, 0.2) is 28.2 Å². The maximum absolute atomic E-state index is 12.9. The van der Waals surface area contributed by atoms with Crippen LogP contribution < -0.4 is 5.56 Å². The lowest BCUT2D eigenvalue weighted by atomic mass is 10.2. The van der Waals surface area contributed by atoms with Crippen molar-refractivity contribution < 1.29 is 14.3 Å². The Morgan fingerprint density at radius 1 is 1.38 bits per heavy atom. The number of rotatable bonds is 5. The number of hydrogen-bond donors (Lipinski definition) is 0. The monoisotopic (exact) mass is 395 g/mol. The summed E-state index contributed by atoms with van der Waals surface area (Å²) in [5.41, 5.74) is 0.330. The first kappa shape index (κ1) is 18.7. The highest BCUT2D eigenvalue weighted by Gasteiger charge is 2.28. The molecule has 1 aromatic carbocycles. The Hall–Kier alpha value is -2.06. The summed E-state index contributed by atoms with van der Waals surface area (Å²) in [7, 11) is 0. The van der Waals surface area contributed by atoms with Crippen LogP contribution in [-0.2, 0) is 16.1 Å². The predicted molar refractivity (Wildman–Crippen MR) is 99.6 cm³/mol. The van der Waals surface area contributed by atoms with Crippen molar-refractivity contribution in [2.75, 3.05) is 18.9 Å². The van der Waals surface area contributed by atoms with Crippen LogP contribution >= 0.6 is 23.4 Å². The molecule has 2 aromatic rings. The molecule has 0 saturated carbocycles. The second kappa shape index (κ2) is 7.67. The van der Waals surface area contributed by atoms with Crippen LogP contribution in [0.5, 0.6) is 0 Å². The average Bonchev–Trinajstić information content (AvgIpc) is 3.02. The van der Waals surface area contributed by atoms with Gasteiger partial charge in [0.15, 0.2) is 5.16 Å². The molecule has 7 nitrogen and oxygen atoms in total. The third-order valence-corrected chi connectivity index (χ3v) is 5.01. The minimum absolute atomic E-state index is 0.00126. The van der Waals surface area contributed by atoms with E-state index in [0.29, 0.717) is 27.6 Å². The normalized spacial score (nSPS) is 14.3. The van der Waals surface area contributed by atoms with E-state index < -0.39 is 6.09 Å². The highest BCUT2D eigenvalue weighted by Crippen LogP contribution is 2.22. The number of thioether (sulfide) groups is 1. The van der Waals surface area contributed by atoms with Crippen molar-refractivity contribution >= 4 is 46.3 Å². The summed E-state index contributed by atoms with van der Waals surface area (Å²) in [6.07, 6.45) is -0.628. The van der Waals surface area contributed by atoms with Crippen molar-refractivity contribution in [2.45, 2.75) is 25.5 Å². The molecule has 1 aliphatic rings. The second-order valence-corrected chi connectivity index (χ2v) is 7.69. The number of carbonyl (C=O) groups excluding carboxylic acids is 2. The van der Waals surface area contributed by atoms with E-state index in [9.17, 15) is 14.4 Å². The molecule has 0 radical (unpaired) electrons. The first-order chi connectivity index (χ1) is 12.4. The number of carbonyl (C=O) groups is 2. The van der Waals surface area contributed by atoms with Gasteiger partial charge in [-0.2, -0.15) is 0 Å². The zero-order valence-electron chi connectivity index (χ0n) is 14.4. The third-order valence-electron chi connectivity index (χ3n) is 3.82. The van der Waals surface area contributed by atoms with E-state index in [2.05, 4.69) is 4.98 Å². The lowest BCUT2D eigenvalue weighted by molar-refractivity contribution is -0.125. The molecule has 0 spiro atoms. The average molecular weight is 396 g/mol. The molecule has 1 aromatic heterocycles. The highest BCUT2D eigenvalue weighted by atomic mass is 35.5. The van der Waals surface area contributed by atoms with Gasteiger partial charge in [0.1, 0.15) is 6.61 Å². The SMILES string of the molecule is CC(C)Cn1c(SCC(=O)N2CCOC2=O)nc2ccc(Cl)cc2c1=O. The van der Waals surface area contributed by atoms with Gasteiger partial charge in [-0.3, -0.25) is 14.2 Å². The van der Waals surface area contributed by atoms with Gasteiger partial charge in [0.25, 0.3) is 5.56 Å². The summed E-state index contributed by atoms with van der Waals surface area (Å²) in [5.74, 6) is -0.146. The van der Waals surface area contributed by atoms with Crippen LogP contribution in [0.2, 0.25) is 5.02 Å². The topological polar surface area (TPSA) is 81.5 Å². The molecule has 9 heteroatoms. The summed E-state index contributed by atoms with van der Waals surface area (Å²) in [4.78, 5) is 42.2. The van der Waals surface area contributed by atoms with Crippen LogP contribution in [0.25, 0.3) is 10.9 Å². The molecular formula is C17H18ClN3O4S. The number of fused-ring (bicyclic) bond motifs is 1. The maximum Gasteiger partial charge on any atom is 0.416 e. The molecule has 0 N–H and O–H groups in total.